The predicted molar refractivity (Wildman–Crippen MR) is 65.2 cm³/mol. The molecule has 0 fully saturated rings. The molecule has 0 aliphatic carbocycles. The summed E-state index contributed by atoms with van der Waals surface area (Å²) in [4.78, 5) is 15.7. The molecule has 17 heavy (non-hydrogen) atoms. The number of rotatable bonds is 7. The molecule has 1 unspecified atom stereocenters. The standard InChI is InChI=1S/C11H21N5O/c1-4-5-6-12-11(17)9(2)13-7-10-14-8-16(3)15-10/h8-9,13H,4-7H2,1-3H3,(H,12,17). The Morgan fingerprint density at radius 3 is 2.94 bits per heavy atom. The van der Waals surface area contributed by atoms with E-state index in [1.165, 1.54) is 0 Å². The molecular weight excluding hydrogens is 218 g/mol. The van der Waals surface area contributed by atoms with Gasteiger partial charge in [-0.1, -0.05) is 13.3 Å². The number of unbranched alkanes of at least 4 members (excludes halogenated alkanes) is 1. The molecular formula is C11H21N5O. The fourth-order valence-electron chi connectivity index (χ4n) is 1.34. The molecule has 0 radical (unpaired) electrons. The molecule has 1 aromatic rings. The zero-order chi connectivity index (χ0) is 12.7. The summed E-state index contributed by atoms with van der Waals surface area (Å²) in [5, 5.41) is 10.1. The number of nitrogens with one attached hydrogen (secondary N) is 2. The Morgan fingerprint density at radius 2 is 2.35 bits per heavy atom. The topological polar surface area (TPSA) is 71.8 Å². The van der Waals surface area contributed by atoms with E-state index >= 15 is 0 Å². The van der Waals surface area contributed by atoms with Crippen LogP contribution in [0.25, 0.3) is 0 Å². The van der Waals surface area contributed by atoms with E-state index in [-0.39, 0.29) is 11.9 Å². The molecule has 0 aromatic carbocycles. The zero-order valence-corrected chi connectivity index (χ0v) is 10.7. The van der Waals surface area contributed by atoms with Gasteiger partial charge < -0.3 is 5.32 Å². The van der Waals surface area contributed by atoms with Crippen molar-refractivity contribution in [2.45, 2.75) is 39.3 Å². The number of amides is 1. The van der Waals surface area contributed by atoms with Gasteiger partial charge >= 0.3 is 0 Å². The first kappa shape index (κ1) is 13.6. The van der Waals surface area contributed by atoms with E-state index in [0.717, 1.165) is 19.4 Å². The van der Waals surface area contributed by atoms with E-state index < -0.39 is 0 Å². The van der Waals surface area contributed by atoms with Crippen LogP contribution < -0.4 is 10.6 Å². The summed E-state index contributed by atoms with van der Waals surface area (Å²) >= 11 is 0. The van der Waals surface area contributed by atoms with Gasteiger partial charge in [-0.25, -0.2) is 4.98 Å². The zero-order valence-electron chi connectivity index (χ0n) is 10.7. The Morgan fingerprint density at radius 1 is 1.59 bits per heavy atom. The Kier molecular flexibility index (Phi) is 5.62. The van der Waals surface area contributed by atoms with E-state index in [2.05, 4.69) is 27.6 Å². The van der Waals surface area contributed by atoms with E-state index in [4.69, 9.17) is 0 Å². The van der Waals surface area contributed by atoms with Crippen molar-refractivity contribution < 1.29 is 4.79 Å². The fourth-order valence-corrected chi connectivity index (χ4v) is 1.34. The Labute approximate surface area is 102 Å². The van der Waals surface area contributed by atoms with Crippen LogP contribution in [0, 0.1) is 0 Å². The smallest absolute Gasteiger partial charge is 0.236 e. The van der Waals surface area contributed by atoms with Crippen LogP contribution in [0.1, 0.15) is 32.5 Å². The minimum absolute atomic E-state index is 0.0226. The average molecular weight is 239 g/mol. The number of hydrogen-bond donors (Lipinski definition) is 2. The number of hydrogen-bond acceptors (Lipinski definition) is 4. The van der Waals surface area contributed by atoms with Gasteiger partial charge in [0.2, 0.25) is 5.91 Å². The summed E-state index contributed by atoms with van der Waals surface area (Å²) < 4.78 is 1.64. The molecule has 0 saturated heterocycles. The van der Waals surface area contributed by atoms with Crippen molar-refractivity contribution in [1.29, 1.82) is 0 Å². The van der Waals surface area contributed by atoms with E-state index in [1.54, 1.807) is 11.0 Å². The monoisotopic (exact) mass is 239 g/mol. The number of aryl methyl sites for hydroxylation is 1. The second-order valence-electron chi connectivity index (χ2n) is 4.08. The Balaban J connectivity index is 2.24. The molecule has 96 valence electrons. The maximum absolute atomic E-state index is 11.6. The third kappa shape index (κ3) is 4.95. The van der Waals surface area contributed by atoms with Crippen LogP contribution in [0.4, 0.5) is 0 Å². The number of nitrogens with zero attached hydrogens (tertiary/aromatic N) is 3. The highest BCUT2D eigenvalue weighted by atomic mass is 16.2. The highest BCUT2D eigenvalue weighted by Crippen LogP contribution is 1.90. The van der Waals surface area contributed by atoms with Crippen molar-refractivity contribution in [1.82, 2.24) is 25.4 Å². The van der Waals surface area contributed by atoms with Crippen LogP contribution in [0.2, 0.25) is 0 Å². The van der Waals surface area contributed by atoms with E-state index in [9.17, 15) is 4.79 Å². The number of carbonyl (C=O) groups excluding carboxylic acids is 1. The van der Waals surface area contributed by atoms with Gasteiger partial charge in [-0.3, -0.25) is 14.8 Å². The first-order chi connectivity index (χ1) is 8.13. The molecule has 0 saturated carbocycles. The quantitative estimate of drug-likeness (QED) is 0.667. The Hall–Kier alpha value is -1.43. The highest BCUT2D eigenvalue weighted by molar-refractivity contribution is 5.81. The molecule has 0 bridgehead atoms. The molecule has 6 heteroatoms. The normalized spacial score (nSPS) is 12.4. The maximum atomic E-state index is 11.6. The van der Waals surface area contributed by atoms with Crippen LogP contribution in [0.5, 0.6) is 0 Å². The van der Waals surface area contributed by atoms with E-state index in [0.29, 0.717) is 12.4 Å². The summed E-state index contributed by atoms with van der Waals surface area (Å²) in [6, 6.07) is -0.226. The SMILES string of the molecule is CCCCNC(=O)C(C)NCc1ncn(C)n1. The fraction of sp³-hybridized carbons (Fsp3) is 0.727. The van der Waals surface area contributed by atoms with Crippen molar-refractivity contribution in [3.8, 4) is 0 Å². The van der Waals surface area contributed by atoms with Crippen molar-refractivity contribution in [2.75, 3.05) is 6.54 Å². The molecule has 2 N–H and O–H groups in total. The van der Waals surface area contributed by atoms with E-state index in [1.807, 2.05) is 14.0 Å². The van der Waals surface area contributed by atoms with Crippen LogP contribution in [0.3, 0.4) is 0 Å². The van der Waals surface area contributed by atoms with Gasteiger partial charge in [0.25, 0.3) is 0 Å². The Bertz CT molecular complexity index is 349. The molecule has 1 amide bonds. The summed E-state index contributed by atoms with van der Waals surface area (Å²) in [5.41, 5.74) is 0. The number of carbonyl (C=O) groups is 1. The highest BCUT2D eigenvalue weighted by Gasteiger charge is 2.11. The second kappa shape index (κ2) is 7.01. The summed E-state index contributed by atoms with van der Waals surface area (Å²) in [7, 11) is 1.82. The van der Waals surface area contributed by atoms with Gasteiger partial charge in [-0.05, 0) is 13.3 Å². The molecule has 1 atom stereocenters. The largest absolute Gasteiger partial charge is 0.355 e. The average Bonchev–Trinajstić information content (AvgIpc) is 2.72. The molecule has 6 nitrogen and oxygen atoms in total. The van der Waals surface area contributed by atoms with Crippen molar-refractivity contribution in [3.63, 3.8) is 0 Å². The predicted octanol–water partition coefficient (Wildman–Crippen LogP) is 0.210. The third-order valence-electron chi connectivity index (χ3n) is 2.44. The first-order valence-corrected chi connectivity index (χ1v) is 5.99. The minimum atomic E-state index is -0.226. The van der Waals surface area contributed by atoms with Crippen LogP contribution >= 0.6 is 0 Å². The molecule has 0 aliphatic heterocycles. The van der Waals surface area contributed by atoms with Gasteiger partial charge in [-0.2, -0.15) is 5.10 Å². The van der Waals surface area contributed by atoms with Crippen molar-refractivity contribution in [2.24, 2.45) is 7.05 Å². The lowest BCUT2D eigenvalue weighted by atomic mass is 10.3. The van der Waals surface area contributed by atoms with Crippen LogP contribution in [-0.2, 0) is 18.4 Å². The minimum Gasteiger partial charge on any atom is -0.355 e. The molecule has 1 heterocycles. The first-order valence-electron chi connectivity index (χ1n) is 5.99. The summed E-state index contributed by atoms with van der Waals surface area (Å²) in [6.07, 6.45) is 3.74. The molecule has 1 rings (SSSR count). The maximum Gasteiger partial charge on any atom is 0.236 e. The van der Waals surface area contributed by atoms with Gasteiger partial charge in [0.05, 0.1) is 12.6 Å². The molecule has 0 aliphatic rings. The van der Waals surface area contributed by atoms with Gasteiger partial charge in [-0.15, -0.1) is 0 Å². The lowest BCUT2D eigenvalue weighted by Crippen LogP contribution is -2.42. The van der Waals surface area contributed by atoms with Crippen molar-refractivity contribution in [3.05, 3.63) is 12.2 Å². The summed E-state index contributed by atoms with van der Waals surface area (Å²) in [6.45, 7) is 5.18. The van der Waals surface area contributed by atoms with Gasteiger partial charge in [0.1, 0.15) is 6.33 Å². The van der Waals surface area contributed by atoms with Gasteiger partial charge in [0.15, 0.2) is 5.82 Å². The van der Waals surface area contributed by atoms with Gasteiger partial charge in [0, 0.05) is 13.6 Å². The van der Waals surface area contributed by atoms with Crippen molar-refractivity contribution >= 4 is 5.91 Å². The molecule has 0 spiro atoms. The number of aromatic nitrogens is 3. The van der Waals surface area contributed by atoms with Crippen LogP contribution in [0.15, 0.2) is 6.33 Å². The third-order valence-corrected chi connectivity index (χ3v) is 2.44. The lowest BCUT2D eigenvalue weighted by molar-refractivity contribution is -0.122. The molecule has 1 aromatic heterocycles. The summed E-state index contributed by atoms with van der Waals surface area (Å²) in [5.74, 6) is 0.718. The lowest BCUT2D eigenvalue weighted by Gasteiger charge is -2.12. The second-order valence-corrected chi connectivity index (χ2v) is 4.08. The van der Waals surface area contributed by atoms with Crippen LogP contribution in [-0.4, -0.2) is 33.3 Å².